The zero-order chi connectivity index (χ0) is 26.2. The van der Waals surface area contributed by atoms with Gasteiger partial charge in [0.1, 0.15) is 11.1 Å². The van der Waals surface area contributed by atoms with Crippen LogP contribution in [0.5, 0.6) is 11.5 Å². The summed E-state index contributed by atoms with van der Waals surface area (Å²) in [6, 6.07) is 17.2. The lowest BCUT2D eigenvalue weighted by Gasteiger charge is -2.37. The molecule has 0 fully saturated rings. The first kappa shape index (κ1) is 24.1. The molecule has 4 aromatic rings. The molecule has 0 radical (unpaired) electrons. The maximum Gasteiger partial charge on any atom is 0.261 e. The molecule has 0 aliphatic carbocycles. The van der Waals surface area contributed by atoms with E-state index in [1.807, 2.05) is 43.3 Å². The topological polar surface area (TPSA) is 76.3 Å². The summed E-state index contributed by atoms with van der Waals surface area (Å²) in [5, 5.41) is 3.95. The quantitative estimate of drug-likeness (QED) is 0.360. The van der Waals surface area contributed by atoms with Crippen LogP contribution in [0.15, 0.2) is 64.0 Å². The van der Waals surface area contributed by atoms with Crippen LogP contribution in [0, 0.1) is 6.92 Å². The van der Waals surface area contributed by atoms with Crippen LogP contribution in [-0.4, -0.2) is 33.2 Å². The summed E-state index contributed by atoms with van der Waals surface area (Å²) < 4.78 is 17.4. The van der Waals surface area contributed by atoms with Gasteiger partial charge in [-0.05, 0) is 74.6 Å². The summed E-state index contributed by atoms with van der Waals surface area (Å²) in [6.07, 6.45) is 4.21. The lowest BCUT2D eigenvalue weighted by molar-refractivity contribution is 0.102. The minimum atomic E-state index is -0.272. The number of hydrogen-bond acceptors (Lipinski definition) is 6. The van der Waals surface area contributed by atoms with Gasteiger partial charge in [-0.2, -0.15) is 0 Å². The Bertz CT molecular complexity index is 1600. The van der Waals surface area contributed by atoms with Crippen molar-refractivity contribution in [3.05, 3.63) is 82.4 Å². The SMILES string of the molecule is COc1ccc(N=c2oc3c4c5c(cc3cc2C(=O)Nc2ccc(C)cc2)CCCN5CCC4)cc1OC. The number of aryl methyl sites for hydroxylation is 3. The van der Waals surface area contributed by atoms with Crippen LogP contribution in [0.25, 0.3) is 11.0 Å². The first-order chi connectivity index (χ1) is 18.5. The highest BCUT2D eigenvalue weighted by Crippen LogP contribution is 2.40. The number of amides is 1. The third-order valence-corrected chi connectivity index (χ3v) is 7.38. The molecule has 0 saturated carbocycles. The zero-order valence-corrected chi connectivity index (χ0v) is 22.0. The van der Waals surface area contributed by atoms with Crippen LogP contribution in [0.3, 0.4) is 0 Å². The van der Waals surface area contributed by atoms with Gasteiger partial charge in [0.2, 0.25) is 5.55 Å². The molecule has 3 aromatic carbocycles. The molecule has 0 saturated heterocycles. The van der Waals surface area contributed by atoms with E-state index in [-0.39, 0.29) is 11.5 Å². The second-order valence-corrected chi connectivity index (χ2v) is 9.91. The van der Waals surface area contributed by atoms with Gasteiger partial charge in [0.25, 0.3) is 5.91 Å². The Morgan fingerprint density at radius 1 is 0.947 bits per heavy atom. The number of benzene rings is 3. The molecule has 3 heterocycles. The average molecular weight is 510 g/mol. The Hall–Kier alpha value is -4.26. The van der Waals surface area contributed by atoms with Crippen LogP contribution in [0.2, 0.25) is 0 Å². The maximum absolute atomic E-state index is 13.6. The van der Waals surface area contributed by atoms with Crippen LogP contribution >= 0.6 is 0 Å². The van der Waals surface area contributed by atoms with Gasteiger partial charge in [-0.15, -0.1) is 0 Å². The number of hydrogen-bond donors (Lipinski definition) is 1. The molecular formula is C31H31N3O4. The molecule has 6 rings (SSSR count). The Balaban J connectivity index is 1.54. The van der Waals surface area contributed by atoms with Gasteiger partial charge >= 0.3 is 0 Å². The number of carbonyl (C=O) groups is 1. The first-order valence-corrected chi connectivity index (χ1v) is 13.1. The Labute approximate surface area is 221 Å². The number of anilines is 2. The highest BCUT2D eigenvalue weighted by atomic mass is 16.5. The molecule has 7 heteroatoms. The number of carbonyl (C=O) groups excluding carboxylic acids is 1. The average Bonchev–Trinajstić information content (AvgIpc) is 2.94. The highest BCUT2D eigenvalue weighted by Gasteiger charge is 2.27. The smallest absolute Gasteiger partial charge is 0.261 e. The second-order valence-electron chi connectivity index (χ2n) is 9.91. The molecular weight excluding hydrogens is 478 g/mol. The van der Waals surface area contributed by atoms with E-state index in [1.165, 1.54) is 16.8 Å². The monoisotopic (exact) mass is 509 g/mol. The number of nitrogens with one attached hydrogen (secondary N) is 1. The zero-order valence-electron chi connectivity index (χ0n) is 22.0. The van der Waals surface area contributed by atoms with Crippen molar-refractivity contribution in [2.75, 3.05) is 37.5 Å². The molecule has 1 amide bonds. The molecule has 7 nitrogen and oxygen atoms in total. The van der Waals surface area contributed by atoms with Crippen LogP contribution < -0.4 is 25.2 Å². The molecule has 1 aromatic heterocycles. The van der Waals surface area contributed by atoms with Gasteiger partial charge in [0.05, 0.1) is 19.9 Å². The summed E-state index contributed by atoms with van der Waals surface area (Å²) in [4.78, 5) is 20.9. The second kappa shape index (κ2) is 9.89. The minimum Gasteiger partial charge on any atom is -0.493 e. The van der Waals surface area contributed by atoms with E-state index in [1.54, 1.807) is 26.4 Å². The van der Waals surface area contributed by atoms with E-state index in [2.05, 4.69) is 16.3 Å². The standard InChI is InChI=1S/C31H31N3O4/c1-19-8-10-22(11-9-19)32-30(35)25-17-21-16-20-6-4-14-34-15-5-7-24(28(20)34)29(21)38-31(25)33-23-12-13-26(36-2)27(18-23)37-3/h8-13,16-18H,4-7,14-15H2,1-3H3,(H,32,35). The number of ether oxygens (including phenoxy) is 2. The van der Waals surface area contributed by atoms with Crippen molar-refractivity contribution in [2.45, 2.75) is 32.6 Å². The van der Waals surface area contributed by atoms with Crippen LogP contribution in [0.1, 0.15) is 39.9 Å². The normalized spacial score (nSPS) is 14.8. The number of rotatable bonds is 5. The molecule has 0 bridgehead atoms. The first-order valence-electron chi connectivity index (χ1n) is 13.1. The lowest BCUT2D eigenvalue weighted by atomic mass is 9.90. The number of fused-ring (bicyclic) bond motifs is 2. The van der Waals surface area contributed by atoms with Crippen LogP contribution in [0.4, 0.5) is 17.1 Å². The third-order valence-electron chi connectivity index (χ3n) is 7.38. The van der Waals surface area contributed by atoms with Crippen molar-refractivity contribution in [3.8, 4) is 11.5 Å². The van der Waals surface area contributed by atoms with Gasteiger partial charge in [0, 0.05) is 41.5 Å². The van der Waals surface area contributed by atoms with E-state index in [0.717, 1.165) is 55.3 Å². The summed E-state index contributed by atoms with van der Waals surface area (Å²) in [5.41, 5.74) is 7.76. The Kier molecular flexibility index (Phi) is 6.27. The maximum atomic E-state index is 13.6. The van der Waals surface area contributed by atoms with Crippen molar-refractivity contribution in [3.63, 3.8) is 0 Å². The van der Waals surface area contributed by atoms with Crippen molar-refractivity contribution in [1.82, 2.24) is 0 Å². The van der Waals surface area contributed by atoms with E-state index in [0.29, 0.717) is 28.4 Å². The van der Waals surface area contributed by atoms with Crippen molar-refractivity contribution in [2.24, 2.45) is 4.99 Å². The molecule has 0 atom stereocenters. The summed E-state index contributed by atoms with van der Waals surface area (Å²) >= 11 is 0. The fourth-order valence-corrected chi connectivity index (χ4v) is 5.55. The fourth-order valence-electron chi connectivity index (χ4n) is 5.55. The summed E-state index contributed by atoms with van der Waals surface area (Å²) in [6.45, 7) is 4.17. The van der Waals surface area contributed by atoms with Crippen molar-refractivity contribution < 1.29 is 18.7 Å². The predicted molar refractivity (Wildman–Crippen MR) is 149 cm³/mol. The molecule has 0 unspecified atom stereocenters. The molecule has 1 N–H and O–H groups in total. The van der Waals surface area contributed by atoms with E-state index < -0.39 is 0 Å². The lowest BCUT2D eigenvalue weighted by Crippen LogP contribution is -2.34. The van der Waals surface area contributed by atoms with Gasteiger partial charge in [0.15, 0.2) is 11.5 Å². The largest absolute Gasteiger partial charge is 0.493 e. The highest BCUT2D eigenvalue weighted by molar-refractivity contribution is 6.06. The molecule has 2 aliphatic rings. The van der Waals surface area contributed by atoms with Crippen molar-refractivity contribution in [1.29, 1.82) is 0 Å². The molecule has 38 heavy (non-hydrogen) atoms. The number of nitrogens with zero attached hydrogens (tertiary/aromatic N) is 2. The van der Waals surface area contributed by atoms with Gasteiger partial charge in [-0.25, -0.2) is 4.99 Å². The Morgan fingerprint density at radius 2 is 1.71 bits per heavy atom. The number of methoxy groups -OCH3 is 2. The minimum absolute atomic E-state index is 0.262. The van der Waals surface area contributed by atoms with Gasteiger partial charge in [-0.1, -0.05) is 17.7 Å². The summed E-state index contributed by atoms with van der Waals surface area (Å²) in [5.74, 6) is 0.891. The third kappa shape index (κ3) is 4.38. The van der Waals surface area contributed by atoms with E-state index >= 15 is 0 Å². The Morgan fingerprint density at radius 3 is 2.47 bits per heavy atom. The van der Waals surface area contributed by atoms with E-state index in [9.17, 15) is 4.79 Å². The van der Waals surface area contributed by atoms with E-state index in [4.69, 9.17) is 18.9 Å². The predicted octanol–water partition coefficient (Wildman–Crippen LogP) is 5.94. The fraction of sp³-hybridized carbons (Fsp3) is 0.290. The summed E-state index contributed by atoms with van der Waals surface area (Å²) in [7, 11) is 3.18. The van der Waals surface area contributed by atoms with Gasteiger partial charge in [-0.3, -0.25) is 4.79 Å². The van der Waals surface area contributed by atoms with Crippen LogP contribution in [-0.2, 0) is 12.8 Å². The molecule has 194 valence electrons. The molecule has 2 aliphatic heterocycles. The van der Waals surface area contributed by atoms with Crippen molar-refractivity contribution >= 4 is 33.9 Å². The molecule has 0 spiro atoms. The van der Waals surface area contributed by atoms with Gasteiger partial charge < -0.3 is 24.1 Å².